The van der Waals surface area contributed by atoms with Crippen molar-refractivity contribution in [2.45, 2.75) is 33.7 Å². The number of anilines is 1. The van der Waals surface area contributed by atoms with Crippen molar-refractivity contribution < 1.29 is 0 Å². The normalized spacial score (nSPS) is 12.6. The minimum absolute atomic E-state index is 0.0772. The molecule has 0 aliphatic rings. The van der Waals surface area contributed by atoms with Crippen LogP contribution in [0.2, 0.25) is 0 Å². The van der Waals surface area contributed by atoms with Gasteiger partial charge in [0, 0.05) is 19.3 Å². The summed E-state index contributed by atoms with van der Waals surface area (Å²) in [6, 6.07) is 2.23. The lowest BCUT2D eigenvalue weighted by molar-refractivity contribution is 0.502. The number of nitrogen functional groups attached to an aromatic ring is 1. The van der Waals surface area contributed by atoms with Gasteiger partial charge in [0.2, 0.25) is 0 Å². The third-order valence-electron chi connectivity index (χ3n) is 3.32. The molecule has 1 unspecified atom stereocenters. The zero-order valence-corrected chi connectivity index (χ0v) is 11.3. The van der Waals surface area contributed by atoms with Crippen molar-refractivity contribution in [3.8, 4) is 0 Å². The molecule has 0 aliphatic heterocycles. The number of aromatic nitrogens is 1. The number of amidine groups is 1. The quantitative estimate of drug-likeness (QED) is 0.619. The Labute approximate surface area is 103 Å². The Kier molecular flexibility index (Phi) is 4.10. The van der Waals surface area contributed by atoms with Gasteiger partial charge in [-0.2, -0.15) is 0 Å². The van der Waals surface area contributed by atoms with Crippen molar-refractivity contribution >= 4 is 11.7 Å². The lowest BCUT2D eigenvalue weighted by Gasteiger charge is -2.30. The Balaban J connectivity index is 3.22. The zero-order valence-electron chi connectivity index (χ0n) is 11.3. The largest absolute Gasteiger partial charge is 0.384 e. The van der Waals surface area contributed by atoms with Crippen LogP contribution in [0.3, 0.4) is 0 Å². The number of pyridine rings is 1. The summed E-state index contributed by atoms with van der Waals surface area (Å²) in [5.41, 5.74) is 7.38. The van der Waals surface area contributed by atoms with Gasteiger partial charge >= 0.3 is 0 Å². The van der Waals surface area contributed by atoms with Crippen LogP contribution < -0.4 is 10.6 Å². The molecule has 17 heavy (non-hydrogen) atoms. The van der Waals surface area contributed by atoms with Crippen LogP contribution in [-0.4, -0.2) is 23.9 Å². The summed E-state index contributed by atoms with van der Waals surface area (Å²) < 4.78 is 0. The van der Waals surface area contributed by atoms with Crippen LogP contribution in [0.5, 0.6) is 0 Å². The molecule has 0 aliphatic carbocycles. The highest BCUT2D eigenvalue weighted by molar-refractivity contribution is 6.01. The Morgan fingerprint density at radius 2 is 2.00 bits per heavy atom. The molecule has 0 radical (unpaired) electrons. The molecule has 0 bridgehead atoms. The monoisotopic (exact) mass is 234 g/mol. The topological polar surface area (TPSA) is 66.0 Å². The van der Waals surface area contributed by atoms with Gasteiger partial charge in [-0.1, -0.05) is 13.8 Å². The Hall–Kier alpha value is -1.58. The fourth-order valence-electron chi connectivity index (χ4n) is 1.78. The molecule has 1 atom stereocenters. The van der Waals surface area contributed by atoms with E-state index in [1.54, 1.807) is 6.20 Å². The smallest absolute Gasteiger partial charge is 0.139 e. The van der Waals surface area contributed by atoms with Crippen LogP contribution in [-0.2, 0) is 0 Å². The van der Waals surface area contributed by atoms with Crippen LogP contribution in [0.4, 0.5) is 5.82 Å². The summed E-state index contributed by atoms with van der Waals surface area (Å²) in [4.78, 5) is 6.46. The molecular formula is C13H22N4. The summed E-state index contributed by atoms with van der Waals surface area (Å²) in [5, 5.41) is 7.67. The number of nitrogens with two attached hydrogens (primary N) is 1. The second kappa shape index (κ2) is 5.17. The highest BCUT2D eigenvalue weighted by Crippen LogP contribution is 2.23. The predicted octanol–water partition coefficient (Wildman–Crippen LogP) is 2.15. The maximum Gasteiger partial charge on any atom is 0.139 e. The summed E-state index contributed by atoms with van der Waals surface area (Å²) in [7, 11) is 2.00. The van der Waals surface area contributed by atoms with Crippen molar-refractivity contribution in [1.29, 1.82) is 5.41 Å². The molecule has 0 aromatic carbocycles. The van der Waals surface area contributed by atoms with Gasteiger partial charge in [0.1, 0.15) is 11.7 Å². The number of nitrogens with one attached hydrogen (secondary N) is 1. The number of hydrogen-bond donors (Lipinski definition) is 2. The minimum atomic E-state index is 0.0772. The standard InChI is InChI=1S/C13H22N4/c1-8(2)10(4)17(5)13-11(12(14)15)9(3)6-7-16-13/h6-8,10H,1-5H3,(H3,14,15). The molecular weight excluding hydrogens is 212 g/mol. The third-order valence-corrected chi connectivity index (χ3v) is 3.32. The maximum atomic E-state index is 7.67. The van der Waals surface area contributed by atoms with Gasteiger partial charge in [0.05, 0.1) is 5.56 Å². The number of nitrogens with zero attached hydrogens (tertiary/aromatic N) is 2. The second-order valence-corrected chi connectivity index (χ2v) is 4.84. The Morgan fingerprint density at radius 3 is 2.47 bits per heavy atom. The first kappa shape index (κ1) is 13.5. The van der Waals surface area contributed by atoms with Crippen LogP contribution >= 0.6 is 0 Å². The number of hydrogen-bond acceptors (Lipinski definition) is 3. The Bertz CT molecular complexity index is 412. The van der Waals surface area contributed by atoms with Gasteiger partial charge in [-0.25, -0.2) is 4.98 Å². The van der Waals surface area contributed by atoms with Gasteiger partial charge in [0.25, 0.3) is 0 Å². The molecule has 0 amide bonds. The van der Waals surface area contributed by atoms with Crippen molar-refractivity contribution in [2.24, 2.45) is 11.7 Å². The molecule has 3 N–H and O–H groups in total. The summed E-state index contributed by atoms with van der Waals surface area (Å²) >= 11 is 0. The second-order valence-electron chi connectivity index (χ2n) is 4.84. The van der Waals surface area contributed by atoms with Gasteiger partial charge < -0.3 is 10.6 Å². The minimum Gasteiger partial charge on any atom is -0.384 e. The van der Waals surface area contributed by atoms with E-state index in [9.17, 15) is 0 Å². The van der Waals surface area contributed by atoms with E-state index in [0.717, 1.165) is 16.9 Å². The molecule has 0 saturated carbocycles. The van der Waals surface area contributed by atoms with Crippen molar-refractivity contribution in [3.63, 3.8) is 0 Å². The fourth-order valence-corrected chi connectivity index (χ4v) is 1.78. The fraction of sp³-hybridized carbons (Fsp3) is 0.538. The van der Waals surface area contributed by atoms with E-state index in [0.29, 0.717) is 12.0 Å². The van der Waals surface area contributed by atoms with Crippen molar-refractivity contribution in [2.75, 3.05) is 11.9 Å². The molecule has 0 saturated heterocycles. The summed E-state index contributed by atoms with van der Waals surface area (Å²) in [6.45, 7) is 8.45. The maximum absolute atomic E-state index is 7.67. The SMILES string of the molecule is Cc1ccnc(N(C)C(C)C(C)C)c1C(=N)N. The van der Waals surface area contributed by atoms with E-state index in [2.05, 4.69) is 30.7 Å². The molecule has 0 spiro atoms. The summed E-state index contributed by atoms with van der Waals surface area (Å²) in [6.07, 6.45) is 1.76. The summed E-state index contributed by atoms with van der Waals surface area (Å²) in [5.74, 6) is 1.38. The van der Waals surface area contributed by atoms with E-state index in [1.165, 1.54) is 0 Å². The molecule has 4 nitrogen and oxygen atoms in total. The molecule has 1 aromatic heterocycles. The predicted molar refractivity (Wildman–Crippen MR) is 72.7 cm³/mol. The molecule has 1 rings (SSSR count). The number of aryl methyl sites for hydroxylation is 1. The van der Waals surface area contributed by atoms with Gasteiger partial charge in [-0.3, -0.25) is 5.41 Å². The van der Waals surface area contributed by atoms with E-state index < -0.39 is 0 Å². The highest BCUT2D eigenvalue weighted by atomic mass is 15.2. The van der Waals surface area contributed by atoms with E-state index in [-0.39, 0.29) is 5.84 Å². The lowest BCUT2D eigenvalue weighted by Crippen LogP contribution is -2.35. The van der Waals surface area contributed by atoms with Crippen LogP contribution in [0.1, 0.15) is 31.9 Å². The van der Waals surface area contributed by atoms with Gasteiger partial charge in [-0.05, 0) is 31.4 Å². The number of rotatable bonds is 4. The third kappa shape index (κ3) is 2.75. The zero-order chi connectivity index (χ0) is 13.2. The van der Waals surface area contributed by atoms with E-state index >= 15 is 0 Å². The highest BCUT2D eigenvalue weighted by Gasteiger charge is 2.19. The van der Waals surface area contributed by atoms with Crippen LogP contribution in [0.25, 0.3) is 0 Å². The van der Waals surface area contributed by atoms with Gasteiger partial charge in [-0.15, -0.1) is 0 Å². The van der Waals surface area contributed by atoms with Gasteiger partial charge in [0.15, 0.2) is 0 Å². The lowest BCUT2D eigenvalue weighted by atomic mass is 10.0. The molecule has 94 valence electrons. The average Bonchev–Trinajstić information content (AvgIpc) is 2.25. The van der Waals surface area contributed by atoms with Crippen LogP contribution in [0, 0.1) is 18.3 Å². The van der Waals surface area contributed by atoms with Crippen molar-refractivity contribution in [1.82, 2.24) is 4.98 Å². The molecule has 4 heteroatoms. The van der Waals surface area contributed by atoms with Crippen molar-refractivity contribution in [3.05, 3.63) is 23.4 Å². The average molecular weight is 234 g/mol. The molecule has 0 fully saturated rings. The Morgan fingerprint density at radius 1 is 1.41 bits per heavy atom. The van der Waals surface area contributed by atoms with E-state index in [4.69, 9.17) is 11.1 Å². The van der Waals surface area contributed by atoms with E-state index in [1.807, 2.05) is 20.0 Å². The first-order chi connectivity index (χ1) is 7.86. The first-order valence-electron chi connectivity index (χ1n) is 5.89. The first-order valence-corrected chi connectivity index (χ1v) is 5.89. The molecule has 1 heterocycles. The van der Waals surface area contributed by atoms with Crippen LogP contribution in [0.15, 0.2) is 12.3 Å². The molecule has 1 aromatic rings.